The van der Waals surface area contributed by atoms with Crippen LogP contribution in [0.25, 0.3) is 0 Å². The lowest BCUT2D eigenvalue weighted by Crippen LogP contribution is -2.35. The highest BCUT2D eigenvalue weighted by Crippen LogP contribution is 2.10. The number of carbonyl (C=O) groups excluding carboxylic acids is 1. The minimum Gasteiger partial charge on any atom is -0.384 e. The zero-order valence-electron chi connectivity index (χ0n) is 13.1. The minimum atomic E-state index is -0.181. The highest BCUT2D eigenvalue weighted by Gasteiger charge is 2.09. The van der Waals surface area contributed by atoms with Gasteiger partial charge in [-0.05, 0) is 37.7 Å². The molecule has 0 atom stereocenters. The van der Waals surface area contributed by atoms with E-state index in [1.54, 1.807) is 6.07 Å². The second kappa shape index (κ2) is 9.17. The van der Waals surface area contributed by atoms with Crippen LogP contribution >= 0.6 is 0 Å². The smallest absolute Gasteiger partial charge is 0.251 e. The Kier molecular flexibility index (Phi) is 7.52. The number of rotatable bonds is 6. The average molecular weight is 288 g/mol. The Labute approximate surface area is 127 Å². The van der Waals surface area contributed by atoms with E-state index in [4.69, 9.17) is 5.11 Å². The Balaban J connectivity index is 2.68. The number of benzene rings is 1. The van der Waals surface area contributed by atoms with Gasteiger partial charge in [-0.3, -0.25) is 4.79 Å². The third-order valence-corrected chi connectivity index (χ3v) is 3.40. The van der Waals surface area contributed by atoms with Gasteiger partial charge in [0.1, 0.15) is 6.61 Å². The fourth-order valence-electron chi connectivity index (χ4n) is 2.05. The molecule has 0 saturated heterocycles. The summed E-state index contributed by atoms with van der Waals surface area (Å²) in [6.45, 7) is 9.39. The third kappa shape index (κ3) is 5.58. The molecule has 4 nitrogen and oxygen atoms in total. The number of carbonyl (C=O) groups is 1. The van der Waals surface area contributed by atoms with Crippen LogP contribution in [0.15, 0.2) is 18.2 Å². The zero-order valence-corrected chi connectivity index (χ0v) is 13.1. The molecule has 2 N–H and O–H groups in total. The minimum absolute atomic E-state index is 0.0766. The number of likely N-dealkylation sites (N-methyl/N-ethyl adjacent to an activating group) is 1. The number of aliphatic hydroxyl groups excluding tert-OH is 1. The lowest BCUT2D eigenvalue weighted by atomic mass is 10.0. The van der Waals surface area contributed by atoms with Gasteiger partial charge < -0.3 is 15.3 Å². The van der Waals surface area contributed by atoms with Crippen LogP contribution in [0.4, 0.5) is 0 Å². The van der Waals surface area contributed by atoms with Crippen molar-refractivity contribution in [1.82, 2.24) is 10.2 Å². The summed E-state index contributed by atoms with van der Waals surface area (Å²) in [5.74, 6) is 5.34. The fraction of sp³-hybridized carbons (Fsp3) is 0.471. The SMILES string of the molecule is CCN(CC)CCNC(=O)c1cc(C#CCO)ccc1C. The summed E-state index contributed by atoms with van der Waals surface area (Å²) in [6, 6.07) is 5.50. The van der Waals surface area contributed by atoms with Crippen LogP contribution in [0.2, 0.25) is 0 Å². The molecule has 0 fully saturated rings. The summed E-state index contributed by atoms with van der Waals surface area (Å²) in [5.41, 5.74) is 2.30. The largest absolute Gasteiger partial charge is 0.384 e. The van der Waals surface area contributed by atoms with Gasteiger partial charge in [-0.15, -0.1) is 0 Å². The molecule has 0 aliphatic carbocycles. The van der Waals surface area contributed by atoms with Gasteiger partial charge in [0.2, 0.25) is 0 Å². The number of aliphatic hydroxyl groups is 1. The van der Waals surface area contributed by atoms with Gasteiger partial charge in [-0.25, -0.2) is 0 Å². The van der Waals surface area contributed by atoms with E-state index < -0.39 is 0 Å². The van der Waals surface area contributed by atoms with Crippen LogP contribution in [-0.4, -0.2) is 48.7 Å². The van der Waals surface area contributed by atoms with Crippen LogP contribution < -0.4 is 5.32 Å². The maximum absolute atomic E-state index is 12.2. The molecule has 1 rings (SSSR count). The predicted molar refractivity (Wildman–Crippen MR) is 85.3 cm³/mol. The lowest BCUT2D eigenvalue weighted by molar-refractivity contribution is 0.0948. The number of nitrogens with one attached hydrogen (secondary N) is 1. The molecule has 1 aromatic carbocycles. The molecule has 1 aromatic rings. The molecule has 0 radical (unpaired) electrons. The monoisotopic (exact) mass is 288 g/mol. The molecule has 0 heterocycles. The molecular weight excluding hydrogens is 264 g/mol. The van der Waals surface area contributed by atoms with Crippen LogP contribution in [0.3, 0.4) is 0 Å². The first kappa shape index (κ1) is 17.2. The van der Waals surface area contributed by atoms with E-state index in [1.165, 1.54) is 0 Å². The van der Waals surface area contributed by atoms with Crippen molar-refractivity contribution >= 4 is 5.91 Å². The molecule has 0 aliphatic heterocycles. The molecule has 0 bridgehead atoms. The third-order valence-electron chi connectivity index (χ3n) is 3.40. The van der Waals surface area contributed by atoms with Gasteiger partial charge in [0.15, 0.2) is 0 Å². The highest BCUT2D eigenvalue weighted by atomic mass is 16.2. The Morgan fingerprint density at radius 2 is 2.05 bits per heavy atom. The van der Waals surface area contributed by atoms with E-state index in [1.807, 2.05) is 19.1 Å². The number of amides is 1. The normalized spacial score (nSPS) is 10.1. The van der Waals surface area contributed by atoms with Crippen molar-refractivity contribution in [2.45, 2.75) is 20.8 Å². The first-order valence-electron chi connectivity index (χ1n) is 7.33. The number of aryl methyl sites for hydroxylation is 1. The summed E-state index contributed by atoms with van der Waals surface area (Å²) in [5, 5.41) is 11.7. The van der Waals surface area contributed by atoms with E-state index in [2.05, 4.69) is 35.9 Å². The van der Waals surface area contributed by atoms with Crippen molar-refractivity contribution in [2.75, 3.05) is 32.8 Å². The Morgan fingerprint density at radius 1 is 1.33 bits per heavy atom. The second-order valence-corrected chi connectivity index (χ2v) is 4.77. The fourth-order valence-corrected chi connectivity index (χ4v) is 2.05. The van der Waals surface area contributed by atoms with Crippen molar-refractivity contribution in [3.8, 4) is 11.8 Å². The maximum atomic E-state index is 12.2. The van der Waals surface area contributed by atoms with Crippen molar-refractivity contribution in [3.05, 3.63) is 34.9 Å². The van der Waals surface area contributed by atoms with Crippen molar-refractivity contribution in [1.29, 1.82) is 0 Å². The van der Waals surface area contributed by atoms with Crippen molar-refractivity contribution < 1.29 is 9.90 Å². The molecule has 114 valence electrons. The molecule has 0 aromatic heterocycles. The molecule has 4 heteroatoms. The number of nitrogens with zero attached hydrogens (tertiary/aromatic N) is 1. The van der Waals surface area contributed by atoms with E-state index in [0.29, 0.717) is 12.1 Å². The van der Waals surface area contributed by atoms with E-state index in [-0.39, 0.29) is 12.5 Å². The van der Waals surface area contributed by atoms with Crippen molar-refractivity contribution in [2.24, 2.45) is 0 Å². The van der Waals surface area contributed by atoms with Gasteiger partial charge in [0.05, 0.1) is 0 Å². The molecule has 0 unspecified atom stereocenters. The van der Waals surface area contributed by atoms with E-state index >= 15 is 0 Å². The molecule has 1 amide bonds. The summed E-state index contributed by atoms with van der Waals surface area (Å²) in [4.78, 5) is 14.5. The van der Waals surface area contributed by atoms with Gasteiger partial charge in [0.25, 0.3) is 5.91 Å². The molecule has 0 saturated carbocycles. The van der Waals surface area contributed by atoms with E-state index in [9.17, 15) is 4.79 Å². The standard InChI is InChI=1S/C17H24N2O2/c1-4-19(5-2)11-10-18-17(21)16-13-15(7-6-12-20)9-8-14(16)3/h8-9,13,20H,4-5,10-12H2,1-3H3,(H,18,21). The summed E-state index contributed by atoms with van der Waals surface area (Å²) in [6.07, 6.45) is 0. The molecule has 21 heavy (non-hydrogen) atoms. The van der Waals surface area contributed by atoms with Gasteiger partial charge >= 0.3 is 0 Å². The first-order valence-corrected chi connectivity index (χ1v) is 7.33. The average Bonchev–Trinajstić information content (AvgIpc) is 2.50. The van der Waals surface area contributed by atoms with Crippen molar-refractivity contribution in [3.63, 3.8) is 0 Å². The summed E-state index contributed by atoms with van der Waals surface area (Å²) >= 11 is 0. The van der Waals surface area contributed by atoms with Gasteiger partial charge in [-0.1, -0.05) is 31.8 Å². The Bertz CT molecular complexity index is 525. The lowest BCUT2D eigenvalue weighted by Gasteiger charge is -2.18. The van der Waals surface area contributed by atoms with Gasteiger partial charge in [0, 0.05) is 24.2 Å². The van der Waals surface area contributed by atoms with Crippen LogP contribution in [0.1, 0.15) is 35.3 Å². The number of hydrogen-bond acceptors (Lipinski definition) is 3. The Morgan fingerprint density at radius 3 is 2.67 bits per heavy atom. The maximum Gasteiger partial charge on any atom is 0.251 e. The number of hydrogen-bond donors (Lipinski definition) is 2. The van der Waals surface area contributed by atoms with Gasteiger partial charge in [-0.2, -0.15) is 0 Å². The van der Waals surface area contributed by atoms with Crippen LogP contribution in [-0.2, 0) is 0 Å². The predicted octanol–water partition coefficient (Wildman–Crippen LogP) is 1.41. The topological polar surface area (TPSA) is 52.6 Å². The Hall–Kier alpha value is -1.83. The first-order chi connectivity index (χ1) is 10.1. The molecule has 0 aliphatic rings. The highest BCUT2D eigenvalue weighted by molar-refractivity contribution is 5.96. The second-order valence-electron chi connectivity index (χ2n) is 4.77. The summed E-state index contributed by atoms with van der Waals surface area (Å²) in [7, 11) is 0. The quantitative estimate of drug-likeness (QED) is 0.778. The van der Waals surface area contributed by atoms with Crippen LogP contribution in [0, 0.1) is 18.8 Å². The molecular formula is C17H24N2O2. The van der Waals surface area contributed by atoms with Crippen LogP contribution in [0.5, 0.6) is 0 Å². The molecule has 0 spiro atoms. The zero-order chi connectivity index (χ0) is 15.7. The summed E-state index contributed by atoms with van der Waals surface area (Å²) < 4.78 is 0. The van der Waals surface area contributed by atoms with E-state index in [0.717, 1.165) is 30.8 Å².